The van der Waals surface area contributed by atoms with Crippen LogP contribution >= 0.6 is 11.8 Å². The third kappa shape index (κ3) is 3.68. The average Bonchev–Trinajstić information content (AvgIpc) is 3.22. The lowest BCUT2D eigenvalue weighted by atomic mass is 9.83. The van der Waals surface area contributed by atoms with Gasteiger partial charge in [0.25, 0.3) is 0 Å². The number of nitrogens with one attached hydrogen (secondary N) is 1. The maximum absolute atomic E-state index is 9.86. The monoisotopic (exact) mass is 434 g/mol. The zero-order valence-electron chi connectivity index (χ0n) is 17.4. The molecule has 0 unspecified atom stereocenters. The van der Waals surface area contributed by atoms with E-state index in [0.29, 0.717) is 29.6 Å². The van der Waals surface area contributed by atoms with Gasteiger partial charge in [0.05, 0.1) is 30.9 Å². The van der Waals surface area contributed by atoms with E-state index in [4.69, 9.17) is 19.9 Å². The van der Waals surface area contributed by atoms with Crippen molar-refractivity contribution in [2.45, 2.75) is 17.7 Å². The number of nitrogens with zero attached hydrogens (tertiary/aromatic N) is 2. The van der Waals surface area contributed by atoms with Gasteiger partial charge in [-0.15, -0.1) is 16.9 Å². The van der Waals surface area contributed by atoms with Crippen LogP contribution in [0, 0.1) is 11.3 Å². The Morgan fingerprint density at radius 1 is 1.23 bits per heavy atom. The molecule has 3 N–H and O–H groups in total. The molecule has 0 radical (unpaired) electrons. The van der Waals surface area contributed by atoms with E-state index in [0.717, 1.165) is 27.3 Å². The number of hydrogen-bond donors (Lipinski definition) is 2. The Kier molecular flexibility index (Phi) is 5.78. The van der Waals surface area contributed by atoms with Crippen LogP contribution in [-0.4, -0.2) is 30.2 Å². The molecule has 8 heteroatoms. The number of methoxy groups -OCH3 is 1. The molecular formula is C23H22N4O3S. The van der Waals surface area contributed by atoms with Crippen molar-refractivity contribution in [3.05, 3.63) is 65.0 Å². The third-order valence-corrected chi connectivity index (χ3v) is 5.88. The van der Waals surface area contributed by atoms with Gasteiger partial charge in [0.15, 0.2) is 11.5 Å². The summed E-state index contributed by atoms with van der Waals surface area (Å²) in [5.41, 5.74) is 9.68. The molecule has 2 aromatic carbocycles. The predicted molar refractivity (Wildman–Crippen MR) is 119 cm³/mol. The van der Waals surface area contributed by atoms with E-state index in [-0.39, 0.29) is 5.88 Å². The van der Waals surface area contributed by atoms with Crippen molar-refractivity contribution in [2.24, 2.45) is 5.73 Å². The fourth-order valence-corrected chi connectivity index (χ4v) is 4.10. The molecule has 2 heterocycles. The molecule has 31 heavy (non-hydrogen) atoms. The SMILES string of the molecule is CCOc1ccc(-c2[nH]nc3c2[C@H](c2ccc(SC)cc2)C(C#N)=C(N)O3)cc1OC. The Morgan fingerprint density at radius 3 is 2.65 bits per heavy atom. The molecule has 3 aromatic rings. The highest BCUT2D eigenvalue weighted by Gasteiger charge is 2.35. The van der Waals surface area contributed by atoms with Gasteiger partial charge in [0, 0.05) is 10.5 Å². The van der Waals surface area contributed by atoms with Crippen LogP contribution in [-0.2, 0) is 0 Å². The third-order valence-electron chi connectivity index (χ3n) is 5.14. The van der Waals surface area contributed by atoms with E-state index in [1.54, 1.807) is 18.9 Å². The lowest BCUT2D eigenvalue weighted by Crippen LogP contribution is -2.21. The highest BCUT2D eigenvalue weighted by molar-refractivity contribution is 7.98. The summed E-state index contributed by atoms with van der Waals surface area (Å²) in [5.74, 6) is 1.28. The Morgan fingerprint density at radius 2 is 2.00 bits per heavy atom. The minimum absolute atomic E-state index is 0.0660. The van der Waals surface area contributed by atoms with E-state index in [1.807, 2.05) is 55.6 Å². The van der Waals surface area contributed by atoms with Gasteiger partial charge in [-0.1, -0.05) is 12.1 Å². The molecule has 0 spiro atoms. The molecule has 158 valence electrons. The maximum Gasteiger partial charge on any atom is 0.244 e. The number of benzene rings is 2. The zero-order chi connectivity index (χ0) is 22.0. The van der Waals surface area contributed by atoms with Gasteiger partial charge in [-0.3, -0.25) is 5.10 Å². The number of H-pyrrole nitrogens is 1. The molecule has 0 amide bonds. The Balaban J connectivity index is 1.87. The molecule has 0 aliphatic carbocycles. The summed E-state index contributed by atoms with van der Waals surface area (Å²) in [6, 6.07) is 15.9. The molecule has 1 atom stereocenters. The number of nitriles is 1. The number of rotatable bonds is 6. The molecule has 0 saturated carbocycles. The first-order chi connectivity index (χ1) is 15.1. The molecule has 1 aliphatic heterocycles. The Labute approximate surface area is 184 Å². The lowest BCUT2D eigenvalue weighted by molar-refractivity contribution is 0.311. The van der Waals surface area contributed by atoms with Crippen LogP contribution in [0.15, 0.2) is 58.8 Å². The van der Waals surface area contributed by atoms with Crippen molar-refractivity contribution < 1.29 is 14.2 Å². The Bertz CT molecular complexity index is 1180. The highest BCUT2D eigenvalue weighted by Crippen LogP contribution is 2.46. The van der Waals surface area contributed by atoms with Crippen molar-refractivity contribution in [3.63, 3.8) is 0 Å². The summed E-state index contributed by atoms with van der Waals surface area (Å²) in [6.07, 6.45) is 2.02. The summed E-state index contributed by atoms with van der Waals surface area (Å²) in [5, 5.41) is 17.2. The van der Waals surface area contributed by atoms with E-state index in [1.165, 1.54) is 0 Å². The number of thioether (sulfide) groups is 1. The second kappa shape index (κ2) is 8.66. The molecule has 1 aliphatic rings. The number of aromatic amines is 1. The first-order valence-corrected chi connectivity index (χ1v) is 10.9. The summed E-state index contributed by atoms with van der Waals surface area (Å²) in [4.78, 5) is 1.13. The van der Waals surface area contributed by atoms with Crippen LogP contribution in [0.2, 0.25) is 0 Å². The topological polar surface area (TPSA) is 106 Å². The first-order valence-electron chi connectivity index (χ1n) is 9.72. The van der Waals surface area contributed by atoms with Gasteiger partial charge in [0.2, 0.25) is 11.8 Å². The number of nitrogens with two attached hydrogens (primary N) is 1. The number of ether oxygens (including phenoxy) is 3. The lowest BCUT2D eigenvalue weighted by Gasteiger charge is -2.24. The Hall–Kier alpha value is -3.57. The number of hydrogen-bond acceptors (Lipinski definition) is 7. The predicted octanol–water partition coefficient (Wildman–Crippen LogP) is 4.42. The van der Waals surface area contributed by atoms with Crippen molar-refractivity contribution in [1.82, 2.24) is 10.2 Å². The van der Waals surface area contributed by atoms with E-state index >= 15 is 0 Å². The normalized spacial score (nSPS) is 15.1. The molecule has 0 bridgehead atoms. The molecule has 4 rings (SSSR count). The van der Waals surface area contributed by atoms with Crippen molar-refractivity contribution in [1.29, 1.82) is 5.26 Å². The van der Waals surface area contributed by atoms with Gasteiger partial charge in [-0.2, -0.15) is 5.26 Å². The van der Waals surface area contributed by atoms with Crippen LogP contribution in [0.1, 0.15) is 24.0 Å². The van der Waals surface area contributed by atoms with Crippen molar-refractivity contribution in [2.75, 3.05) is 20.0 Å². The van der Waals surface area contributed by atoms with E-state index in [2.05, 4.69) is 16.3 Å². The minimum atomic E-state index is -0.407. The van der Waals surface area contributed by atoms with Crippen molar-refractivity contribution in [3.8, 4) is 34.7 Å². The summed E-state index contributed by atoms with van der Waals surface area (Å²) < 4.78 is 16.8. The van der Waals surface area contributed by atoms with Crippen LogP contribution in [0.3, 0.4) is 0 Å². The summed E-state index contributed by atoms with van der Waals surface area (Å²) >= 11 is 1.66. The first kappa shape index (κ1) is 20.7. The van der Waals surface area contributed by atoms with Crippen LogP contribution < -0.4 is 19.9 Å². The largest absolute Gasteiger partial charge is 0.493 e. The van der Waals surface area contributed by atoms with Crippen molar-refractivity contribution >= 4 is 11.8 Å². The molecule has 7 nitrogen and oxygen atoms in total. The van der Waals surface area contributed by atoms with Crippen LogP contribution in [0.5, 0.6) is 17.4 Å². The van der Waals surface area contributed by atoms with Gasteiger partial charge in [-0.05, 0) is 49.1 Å². The molecule has 0 saturated heterocycles. The quantitative estimate of drug-likeness (QED) is 0.553. The molecule has 0 fully saturated rings. The molecule has 1 aromatic heterocycles. The van der Waals surface area contributed by atoms with Crippen LogP contribution in [0.25, 0.3) is 11.3 Å². The number of allylic oxidation sites excluding steroid dienone is 1. The van der Waals surface area contributed by atoms with E-state index in [9.17, 15) is 5.26 Å². The standard InChI is InChI=1S/C23H22N4O3S/c1-4-29-17-10-7-14(11-18(17)28-2)21-20-19(13-5-8-15(31-3)9-6-13)16(12-24)22(25)30-23(20)27-26-21/h5-11,19H,4,25H2,1-3H3,(H,26,27)/t19-/m1/s1. The fraction of sp³-hybridized carbons (Fsp3) is 0.217. The van der Waals surface area contributed by atoms with E-state index < -0.39 is 5.92 Å². The average molecular weight is 435 g/mol. The fourth-order valence-electron chi connectivity index (χ4n) is 3.69. The number of aromatic nitrogens is 2. The highest BCUT2D eigenvalue weighted by atomic mass is 32.2. The second-order valence-electron chi connectivity index (χ2n) is 6.81. The zero-order valence-corrected chi connectivity index (χ0v) is 18.2. The van der Waals surface area contributed by atoms with Gasteiger partial charge in [0.1, 0.15) is 11.6 Å². The van der Waals surface area contributed by atoms with Gasteiger partial charge in [-0.25, -0.2) is 0 Å². The second-order valence-corrected chi connectivity index (χ2v) is 7.69. The smallest absolute Gasteiger partial charge is 0.244 e. The summed E-state index contributed by atoms with van der Waals surface area (Å²) in [7, 11) is 1.60. The number of fused-ring (bicyclic) bond motifs is 1. The maximum atomic E-state index is 9.86. The summed E-state index contributed by atoms with van der Waals surface area (Å²) in [6.45, 7) is 2.45. The van der Waals surface area contributed by atoms with Gasteiger partial charge < -0.3 is 19.9 Å². The molecular weight excluding hydrogens is 412 g/mol. The minimum Gasteiger partial charge on any atom is -0.493 e. The van der Waals surface area contributed by atoms with Crippen LogP contribution in [0.4, 0.5) is 0 Å². The van der Waals surface area contributed by atoms with Gasteiger partial charge >= 0.3 is 0 Å².